The van der Waals surface area contributed by atoms with E-state index in [0.29, 0.717) is 0 Å². The molecule has 1 aliphatic rings. The van der Waals surface area contributed by atoms with Gasteiger partial charge in [-0.05, 0) is 42.7 Å². The predicted molar refractivity (Wildman–Crippen MR) is 85.3 cm³/mol. The summed E-state index contributed by atoms with van der Waals surface area (Å²) in [6, 6.07) is 8.39. The molecule has 112 valence electrons. The molecule has 0 radical (unpaired) electrons. The van der Waals surface area contributed by atoms with Crippen LogP contribution in [0.1, 0.15) is 39.2 Å². The molecular formula is C18H29NO. The number of benzene rings is 1. The third kappa shape index (κ3) is 4.52. The Balaban J connectivity index is 1.71. The first-order valence-corrected chi connectivity index (χ1v) is 8.12. The Bertz CT molecular complexity index is 394. The molecule has 2 nitrogen and oxygen atoms in total. The number of para-hydroxylation sites is 1. The third-order valence-electron chi connectivity index (χ3n) is 4.17. The van der Waals surface area contributed by atoms with Crippen LogP contribution in [-0.4, -0.2) is 31.1 Å². The van der Waals surface area contributed by atoms with Crippen molar-refractivity contribution in [3.05, 3.63) is 29.8 Å². The number of aryl methyl sites for hydroxylation is 1. The number of piperidine rings is 1. The molecule has 1 aromatic rings. The molecule has 0 bridgehead atoms. The Hall–Kier alpha value is -1.02. The molecule has 0 aliphatic carbocycles. The first-order valence-electron chi connectivity index (χ1n) is 8.12. The van der Waals surface area contributed by atoms with Crippen LogP contribution in [0.25, 0.3) is 0 Å². The maximum Gasteiger partial charge on any atom is 0.122 e. The zero-order valence-corrected chi connectivity index (χ0v) is 13.3. The standard InChI is InChI=1S/C18H29NO/c1-4-17-8-5-6-9-18(17)20-11-7-10-19-13-15(2)12-16(3)14-19/h5-6,8-9,15-16H,4,7,10-14H2,1-3H3/t15-,16+. The smallest absolute Gasteiger partial charge is 0.122 e. The molecule has 1 fully saturated rings. The van der Waals surface area contributed by atoms with Crippen molar-refractivity contribution in [1.29, 1.82) is 0 Å². The molecule has 2 heteroatoms. The number of nitrogens with zero attached hydrogens (tertiary/aromatic N) is 1. The van der Waals surface area contributed by atoms with Gasteiger partial charge in [0.05, 0.1) is 6.61 Å². The molecule has 0 spiro atoms. The van der Waals surface area contributed by atoms with Crippen LogP contribution in [0.15, 0.2) is 24.3 Å². The van der Waals surface area contributed by atoms with Crippen molar-refractivity contribution in [3.8, 4) is 5.75 Å². The Morgan fingerprint density at radius 2 is 1.85 bits per heavy atom. The lowest BCUT2D eigenvalue weighted by Crippen LogP contribution is -2.39. The summed E-state index contributed by atoms with van der Waals surface area (Å²) in [4.78, 5) is 2.61. The van der Waals surface area contributed by atoms with Crippen LogP contribution in [0, 0.1) is 11.8 Å². The SMILES string of the molecule is CCc1ccccc1OCCCN1C[C@H](C)C[C@H](C)C1. The molecule has 1 heterocycles. The van der Waals surface area contributed by atoms with Crippen LogP contribution in [0.2, 0.25) is 0 Å². The average Bonchev–Trinajstić information content (AvgIpc) is 2.43. The zero-order chi connectivity index (χ0) is 14.4. The molecule has 1 aliphatic heterocycles. The summed E-state index contributed by atoms with van der Waals surface area (Å²) < 4.78 is 5.95. The van der Waals surface area contributed by atoms with Gasteiger partial charge in [0.15, 0.2) is 0 Å². The van der Waals surface area contributed by atoms with Crippen molar-refractivity contribution in [3.63, 3.8) is 0 Å². The van der Waals surface area contributed by atoms with Crippen molar-refractivity contribution in [2.45, 2.75) is 40.0 Å². The summed E-state index contributed by atoms with van der Waals surface area (Å²) in [5, 5.41) is 0. The summed E-state index contributed by atoms with van der Waals surface area (Å²) >= 11 is 0. The lowest BCUT2D eigenvalue weighted by Gasteiger charge is -2.34. The van der Waals surface area contributed by atoms with Crippen LogP contribution in [0.3, 0.4) is 0 Å². The lowest BCUT2D eigenvalue weighted by molar-refractivity contribution is 0.132. The normalized spacial score (nSPS) is 23.8. The van der Waals surface area contributed by atoms with E-state index in [0.717, 1.165) is 37.0 Å². The lowest BCUT2D eigenvalue weighted by atomic mass is 9.92. The number of rotatable bonds is 6. The second-order valence-corrected chi connectivity index (χ2v) is 6.37. The van der Waals surface area contributed by atoms with Gasteiger partial charge in [-0.25, -0.2) is 0 Å². The van der Waals surface area contributed by atoms with Gasteiger partial charge in [-0.3, -0.25) is 0 Å². The minimum Gasteiger partial charge on any atom is -0.493 e. The Morgan fingerprint density at radius 1 is 1.15 bits per heavy atom. The fourth-order valence-electron chi connectivity index (χ4n) is 3.38. The van der Waals surface area contributed by atoms with Gasteiger partial charge in [-0.2, -0.15) is 0 Å². The Kier molecular flexibility index (Phi) is 5.90. The molecular weight excluding hydrogens is 246 g/mol. The highest BCUT2D eigenvalue weighted by atomic mass is 16.5. The monoisotopic (exact) mass is 275 g/mol. The molecule has 2 atom stereocenters. The van der Waals surface area contributed by atoms with E-state index in [1.54, 1.807) is 0 Å². The second-order valence-electron chi connectivity index (χ2n) is 6.37. The fourth-order valence-corrected chi connectivity index (χ4v) is 3.38. The largest absolute Gasteiger partial charge is 0.493 e. The molecule has 0 aromatic heterocycles. The van der Waals surface area contributed by atoms with Crippen LogP contribution in [0.5, 0.6) is 5.75 Å². The van der Waals surface area contributed by atoms with Gasteiger partial charge in [0.25, 0.3) is 0 Å². The zero-order valence-electron chi connectivity index (χ0n) is 13.3. The third-order valence-corrected chi connectivity index (χ3v) is 4.17. The molecule has 0 N–H and O–H groups in total. The van der Waals surface area contributed by atoms with Crippen LogP contribution < -0.4 is 4.74 Å². The van der Waals surface area contributed by atoms with E-state index in [9.17, 15) is 0 Å². The first-order chi connectivity index (χ1) is 9.69. The Labute approximate surface area is 124 Å². The van der Waals surface area contributed by atoms with Crippen LogP contribution in [-0.2, 0) is 6.42 Å². The summed E-state index contributed by atoms with van der Waals surface area (Å²) in [7, 11) is 0. The maximum absolute atomic E-state index is 5.95. The van der Waals surface area contributed by atoms with Gasteiger partial charge in [0.2, 0.25) is 0 Å². The van der Waals surface area contributed by atoms with E-state index in [2.05, 4.69) is 49.9 Å². The Morgan fingerprint density at radius 3 is 2.55 bits per heavy atom. The van der Waals surface area contributed by atoms with Crippen LogP contribution in [0.4, 0.5) is 0 Å². The predicted octanol–water partition coefficient (Wildman–Crippen LogP) is 4.00. The van der Waals surface area contributed by atoms with Gasteiger partial charge in [0.1, 0.15) is 5.75 Å². The number of ether oxygens (including phenoxy) is 1. The highest BCUT2D eigenvalue weighted by Crippen LogP contribution is 2.21. The van der Waals surface area contributed by atoms with Gasteiger partial charge >= 0.3 is 0 Å². The highest BCUT2D eigenvalue weighted by molar-refractivity contribution is 5.33. The van der Waals surface area contributed by atoms with Gasteiger partial charge in [-0.1, -0.05) is 39.0 Å². The van der Waals surface area contributed by atoms with Crippen molar-refractivity contribution in [2.75, 3.05) is 26.2 Å². The molecule has 1 saturated heterocycles. The molecule has 0 amide bonds. The number of likely N-dealkylation sites (tertiary alicyclic amines) is 1. The summed E-state index contributed by atoms with van der Waals surface area (Å²) in [6.45, 7) is 11.4. The summed E-state index contributed by atoms with van der Waals surface area (Å²) in [6.07, 6.45) is 3.55. The van der Waals surface area contributed by atoms with E-state index >= 15 is 0 Å². The molecule has 0 unspecified atom stereocenters. The van der Waals surface area contributed by atoms with Crippen molar-refractivity contribution in [1.82, 2.24) is 4.90 Å². The van der Waals surface area contributed by atoms with E-state index < -0.39 is 0 Å². The molecule has 2 rings (SSSR count). The van der Waals surface area contributed by atoms with E-state index in [-0.39, 0.29) is 0 Å². The minimum absolute atomic E-state index is 0.830. The number of hydrogen-bond donors (Lipinski definition) is 0. The van der Waals surface area contributed by atoms with E-state index in [4.69, 9.17) is 4.74 Å². The highest BCUT2D eigenvalue weighted by Gasteiger charge is 2.20. The van der Waals surface area contributed by atoms with Gasteiger partial charge in [0, 0.05) is 19.6 Å². The fraction of sp³-hybridized carbons (Fsp3) is 0.667. The second kappa shape index (κ2) is 7.68. The average molecular weight is 275 g/mol. The maximum atomic E-state index is 5.95. The van der Waals surface area contributed by atoms with Crippen molar-refractivity contribution < 1.29 is 4.74 Å². The van der Waals surface area contributed by atoms with E-state index in [1.807, 2.05) is 0 Å². The summed E-state index contributed by atoms with van der Waals surface area (Å²) in [5.74, 6) is 2.76. The summed E-state index contributed by atoms with van der Waals surface area (Å²) in [5.41, 5.74) is 1.31. The minimum atomic E-state index is 0.830. The van der Waals surface area contributed by atoms with E-state index in [1.165, 1.54) is 31.6 Å². The first kappa shape index (κ1) is 15.4. The van der Waals surface area contributed by atoms with Crippen molar-refractivity contribution >= 4 is 0 Å². The quantitative estimate of drug-likeness (QED) is 0.728. The van der Waals surface area contributed by atoms with Gasteiger partial charge in [-0.15, -0.1) is 0 Å². The van der Waals surface area contributed by atoms with Gasteiger partial charge < -0.3 is 9.64 Å². The molecule has 0 saturated carbocycles. The topological polar surface area (TPSA) is 12.5 Å². The number of hydrogen-bond acceptors (Lipinski definition) is 2. The molecule has 1 aromatic carbocycles. The van der Waals surface area contributed by atoms with Crippen molar-refractivity contribution in [2.24, 2.45) is 11.8 Å². The molecule has 20 heavy (non-hydrogen) atoms. The van der Waals surface area contributed by atoms with Crippen LogP contribution >= 0.6 is 0 Å².